The van der Waals surface area contributed by atoms with E-state index in [1.54, 1.807) is 14.2 Å². The second-order valence-electron chi connectivity index (χ2n) is 6.21. The van der Waals surface area contributed by atoms with Gasteiger partial charge in [-0.3, -0.25) is 9.98 Å². The number of hydrogen-bond acceptors (Lipinski definition) is 4. The molecular formula is C20H29N5O. The molecule has 6 nitrogen and oxygen atoms in total. The van der Waals surface area contributed by atoms with Crippen LogP contribution in [0, 0.1) is 0 Å². The quantitative estimate of drug-likeness (QED) is 0.561. The maximum atomic E-state index is 5.35. The molecule has 2 aromatic rings. The lowest BCUT2D eigenvalue weighted by atomic mass is 10.1. The van der Waals surface area contributed by atoms with Crippen molar-refractivity contribution in [3.63, 3.8) is 0 Å². The van der Waals surface area contributed by atoms with Crippen molar-refractivity contribution in [2.45, 2.75) is 12.5 Å². The Morgan fingerprint density at radius 3 is 2.69 bits per heavy atom. The minimum atomic E-state index is 0.208. The van der Waals surface area contributed by atoms with E-state index in [9.17, 15) is 0 Å². The van der Waals surface area contributed by atoms with Gasteiger partial charge in [0.25, 0.3) is 0 Å². The summed E-state index contributed by atoms with van der Waals surface area (Å²) >= 11 is 0. The molecule has 1 atom stereocenters. The molecule has 1 heterocycles. The molecule has 26 heavy (non-hydrogen) atoms. The monoisotopic (exact) mass is 355 g/mol. The molecule has 0 bridgehead atoms. The van der Waals surface area contributed by atoms with Crippen molar-refractivity contribution in [3.05, 3.63) is 59.9 Å². The van der Waals surface area contributed by atoms with Gasteiger partial charge in [0.1, 0.15) is 5.75 Å². The van der Waals surface area contributed by atoms with E-state index < -0.39 is 0 Å². The Morgan fingerprint density at radius 2 is 2.04 bits per heavy atom. The van der Waals surface area contributed by atoms with Crippen LogP contribution < -0.4 is 15.4 Å². The summed E-state index contributed by atoms with van der Waals surface area (Å²) in [6.07, 6.45) is 2.67. The van der Waals surface area contributed by atoms with Gasteiger partial charge in [0, 0.05) is 38.4 Å². The summed E-state index contributed by atoms with van der Waals surface area (Å²) in [6, 6.07) is 14.3. The second-order valence-corrected chi connectivity index (χ2v) is 6.21. The Labute approximate surface area is 156 Å². The molecule has 0 radical (unpaired) electrons. The minimum absolute atomic E-state index is 0.208. The molecule has 140 valence electrons. The van der Waals surface area contributed by atoms with Gasteiger partial charge in [0.05, 0.1) is 13.2 Å². The first-order chi connectivity index (χ1) is 12.6. The van der Waals surface area contributed by atoms with E-state index in [1.165, 1.54) is 5.56 Å². The van der Waals surface area contributed by atoms with Gasteiger partial charge in [0.15, 0.2) is 5.96 Å². The highest BCUT2D eigenvalue weighted by Gasteiger charge is 2.15. The number of nitrogens with one attached hydrogen (secondary N) is 2. The molecule has 0 saturated carbocycles. The number of aromatic nitrogens is 1. The molecule has 1 aromatic carbocycles. The Hall–Kier alpha value is -2.60. The molecule has 2 N–H and O–H groups in total. The third-order valence-corrected chi connectivity index (χ3v) is 4.19. The Kier molecular flexibility index (Phi) is 7.89. The molecule has 0 aliphatic carbocycles. The molecule has 0 aliphatic rings. The molecule has 0 spiro atoms. The van der Waals surface area contributed by atoms with E-state index in [1.807, 2.05) is 36.5 Å². The SMILES string of the molecule is CN=C(NCCc1ccccn1)NCC(c1cccc(OC)c1)N(C)C. The van der Waals surface area contributed by atoms with E-state index in [4.69, 9.17) is 4.74 Å². The fraction of sp³-hybridized carbons (Fsp3) is 0.400. The summed E-state index contributed by atoms with van der Waals surface area (Å²) in [4.78, 5) is 10.8. The van der Waals surface area contributed by atoms with Gasteiger partial charge in [0.2, 0.25) is 0 Å². The standard InChI is InChI=1S/C20H29N5O/c1-21-20(23-13-11-17-9-5-6-12-22-17)24-15-19(25(2)3)16-8-7-10-18(14-16)26-4/h5-10,12,14,19H,11,13,15H2,1-4H3,(H2,21,23,24). The summed E-state index contributed by atoms with van der Waals surface area (Å²) in [5, 5.41) is 6.75. The number of ether oxygens (including phenoxy) is 1. The van der Waals surface area contributed by atoms with Crippen molar-refractivity contribution < 1.29 is 4.74 Å². The third-order valence-electron chi connectivity index (χ3n) is 4.19. The highest BCUT2D eigenvalue weighted by atomic mass is 16.5. The lowest BCUT2D eigenvalue weighted by molar-refractivity contribution is 0.297. The molecule has 1 unspecified atom stereocenters. The topological polar surface area (TPSA) is 61.8 Å². The highest BCUT2D eigenvalue weighted by Crippen LogP contribution is 2.21. The molecule has 0 fully saturated rings. The van der Waals surface area contributed by atoms with E-state index in [-0.39, 0.29) is 6.04 Å². The van der Waals surface area contributed by atoms with Gasteiger partial charge in [-0.05, 0) is 43.9 Å². The normalized spacial score (nSPS) is 12.7. The third kappa shape index (κ3) is 6.04. The number of pyridine rings is 1. The number of rotatable bonds is 8. The van der Waals surface area contributed by atoms with Crippen LogP contribution in [-0.2, 0) is 6.42 Å². The smallest absolute Gasteiger partial charge is 0.191 e. The summed E-state index contributed by atoms with van der Waals surface area (Å²) < 4.78 is 5.35. The van der Waals surface area contributed by atoms with Crippen LogP contribution in [0.2, 0.25) is 0 Å². The molecule has 0 amide bonds. The van der Waals surface area contributed by atoms with Crippen LogP contribution in [0.15, 0.2) is 53.7 Å². The largest absolute Gasteiger partial charge is 0.497 e. The van der Waals surface area contributed by atoms with Crippen LogP contribution in [0.1, 0.15) is 17.3 Å². The van der Waals surface area contributed by atoms with Gasteiger partial charge in [-0.2, -0.15) is 0 Å². The van der Waals surface area contributed by atoms with Crippen LogP contribution >= 0.6 is 0 Å². The number of hydrogen-bond donors (Lipinski definition) is 2. The van der Waals surface area contributed by atoms with Crippen molar-refractivity contribution in [1.82, 2.24) is 20.5 Å². The van der Waals surface area contributed by atoms with Crippen molar-refractivity contribution in [2.75, 3.05) is 41.3 Å². The highest BCUT2D eigenvalue weighted by molar-refractivity contribution is 5.79. The first-order valence-electron chi connectivity index (χ1n) is 8.79. The number of methoxy groups -OCH3 is 1. The second kappa shape index (κ2) is 10.4. The maximum Gasteiger partial charge on any atom is 0.191 e. The molecule has 0 saturated heterocycles. The first kappa shape index (κ1) is 19.7. The fourth-order valence-corrected chi connectivity index (χ4v) is 2.72. The van der Waals surface area contributed by atoms with Crippen LogP contribution in [0.4, 0.5) is 0 Å². The van der Waals surface area contributed by atoms with Crippen molar-refractivity contribution in [3.8, 4) is 5.75 Å². The Bertz CT molecular complexity index is 688. The first-order valence-corrected chi connectivity index (χ1v) is 8.79. The Balaban J connectivity index is 1.89. The predicted molar refractivity (Wildman–Crippen MR) is 107 cm³/mol. The van der Waals surface area contributed by atoms with Gasteiger partial charge < -0.3 is 20.3 Å². The van der Waals surface area contributed by atoms with Crippen molar-refractivity contribution >= 4 is 5.96 Å². The lowest BCUT2D eigenvalue weighted by Crippen LogP contribution is -2.42. The van der Waals surface area contributed by atoms with E-state index in [0.717, 1.165) is 36.9 Å². The van der Waals surface area contributed by atoms with E-state index in [2.05, 4.69) is 51.7 Å². The molecule has 1 aromatic heterocycles. The van der Waals surface area contributed by atoms with Gasteiger partial charge in [-0.15, -0.1) is 0 Å². The van der Waals surface area contributed by atoms with E-state index in [0.29, 0.717) is 0 Å². The van der Waals surface area contributed by atoms with Crippen LogP contribution in [0.3, 0.4) is 0 Å². The minimum Gasteiger partial charge on any atom is -0.497 e. The van der Waals surface area contributed by atoms with Gasteiger partial charge >= 0.3 is 0 Å². The number of guanidine groups is 1. The van der Waals surface area contributed by atoms with Gasteiger partial charge in [-0.1, -0.05) is 18.2 Å². The average Bonchev–Trinajstić information content (AvgIpc) is 2.67. The van der Waals surface area contributed by atoms with Crippen LogP contribution in [0.25, 0.3) is 0 Å². The molecule has 0 aliphatic heterocycles. The predicted octanol–water partition coefficient (Wildman–Crippen LogP) is 2.10. The fourth-order valence-electron chi connectivity index (χ4n) is 2.72. The van der Waals surface area contributed by atoms with Crippen LogP contribution in [-0.4, -0.2) is 57.2 Å². The average molecular weight is 355 g/mol. The summed E-state index contributed by atoms with van der Waals surface area (Å²) in [5.41, 5.74) is 2.27. The van der Waals surface area contributed by atoms with Crippen molar-refractivity contribution in [1.29, 1.82) is 0 Å². The maximum absolute atomic E-state index is 5.35. The zero-order chi connectivity index (χ0) is 18.8. The number of aliphatic imine (C=N–C) groups is 1. The molecule has 6 heteroatoms. The van der Waals surface area contributed by atoms with Crippen LogP contribution in [0.5, 0.6) is 5.75 Å². The zero-order valence-corrected chi connectivity index (χ0v) is 16.1. The number of benzene rings is 1. The lowest BCUT2D eigenvalue weighted by Gasteiger charge is -2.26. The number of likely N-dealkylation sites (N-methyl/N-ethyl adjacent to an activating group) is 1. The molecule has 2 rings (SSSR count). The van der Waals surface area contributed by atoms with Crippen molar-refractivity contribution in [2.24, 2.45) is 4.99 Å². The summed E-state index contributed by atoms with van der Waals surface area (Å²) in [6.45, 7) is 1.52. The van der Waals surface area contributed by atoms with E-state index >= 15 is 0 Å². The zero-order valence-electron chi connectivity index (χ0n) is 16.1. The molecular weight excluding hydrogens is 326 g/mol. The summed E-state index contributed by atoms with van der Waals surface area (Å²) in [7, 11) is 7.62. The number of nitrogens with zero attached hydrogens (tertiary/aromatic N) is 3. The van der Waals surface area contributed by atoms with Gasteiger partial charge in [-0.25, -0.2) is 0 Å². The Morgan fingerprint density at radius 1 is 1.19 bits per heavy atom. The summed E-state index contributed by atoms with van der Waals surface area (Å²) in [5.74, 6) is 1.66.